The molecule has 1 fully saturated rings. The van der Waals surface area contributed by atoms with Crippen molar-refractivity contribution in [3.05, 3.63) is 40.1 Å². The second-order valence-electron chi connectivity index (χ2n) is 7.98. The van der Waals surface area contributed by atoms with Crippen LogP contribution in [0, 0.1) is 0 Å². The van der Waals surface area contributed by atoms with E-state index in [4.69, 9.17) is 9.47 Å². The fraction of sp³-hybridized carbons (Fsp3) is 0.550. The molecule has 0 aromatic carbocycles. The zero-order valence-electron chi connectivity index (χ0n) is 18.8. The number of nitrogens with zero attached hydrogens (tertiary/aromatic N) is 4. The highest BCUT2D eigenvalue weighted by Gasteiger charge is 2.37. The number of rotatable bonds is 9. The molecule has 0 aliphatic carbocycles. The van der Waals surface area contributed by atoms with Crippen molar-refractivity contribution in [2.75, 3.05) is 31.6 Å². The first-order valence-corrected chi connectivity index (χ1v) is 10.7. The van der Waals surface area contributed by atoms with E-state index in [2.05, 4.69) is 20.4 Å². The molecular formula is C20H22F6N6O4. The van der Waals surface area contributed by atoms with E-state index in [0.29, 0.717) is 25.4 Å². The molecule has 1 aliphatic heterocycles. The Bertz CT molecular complexity index is 1090. The average Bonchev–Trinajstić information content (AvgIpc) is 3.24. The van der Waals surface area contributed by atoms with Gasteiger partial charge < -0.3 is 19.7 Å². The number of anilines is 1. The Morgan fingerprint density at radius 1 is 1.19 bits per heavy atom. The lowest BCUT2D eigenvalue weighted by atomic mass is 10.2. The number of hydrogen-bond acceptors (Lipinski definition) is 8. The second-order valence-corrected chi connectivity index (χ2v) is 7.98. The number of amides is 1. The zero-order valence-corrected chi connectivity index (χ0v) is 18.8. The van der Waals surface area contributed by atoms with Crippen LogP contribution in [0.25, 0.3) is 0 Å². The molecule has 1 aliphatic rings. The lowest BCUT2D eigenvalue weighted by molar-refractivity contribution is -0.139. The zero-order chi connectivity index (χ0) is 26.5. The SMILES string of the molecule is CC(COCCC(=O)N1CCC(Oc2ncc(C(F)(F)F)cn2)C1)Nc1cn[nH]c(=O)c1C(F)(F)F. The number of nitrogens with one attached hydrogen (secondary N) is 2. The number of carbonyl (C=O) groups is 1. The van der Waals surface area contributed by atoms with E-state index >= 15 is 0 Å². The van der Waals surface area contributed by atoms with Gasteiger partial charge in [-0.25, -0.2) is 15.1 Å². The van der Waals surface area contributed by atoms with Gasteiger partial charge in [-0.05, 0) is 6.92 Å². The molecular weight excluding hydrogens is 502 g/mol. The van der Waals surface area contributed by atoms with Crippen molar-refractivity contribution in [1.82, 2.24) is 25.1 Å². The van der Waals surface area contributed by atoms with Gasteiger partial charge in [0.1, 0.15) is 11.7 Å². The van der Waals surface area contributed by atoms with Crippen LogP contribution in [0.5, 0.6) is 6.01 Å². The maximum Gasteiger partial charge on any atom is 0.423 e. The normalized spacial score (nSPS) is 17.2. The van der Waals surface area contributed by atoms with Crippen molar-refractivity contribution in [3.8, 4) is 6.01 Å². The van der Waals surface area contributed by atoms with Gasteiger partial charge in [-0.1, -0.05) is 0 Å². The van der Waals surface area contributed by atoms with Crippen molar-refractivity contribution < 1.29 is 40.6 Å². The molecule has 3 rings (SSSR count). The van der Waals surface area contributed by atoms with Gasteiger partial charge in [0, 0.05) is 31.4 Å². The molecule has 2 atom stereocenters. The predicted molar refractivity (Wildman–Crippen MR) is 111 cm³/mol. The van der Waals surface area contributed by atoms with Gasteiger partial charge in [0.15, 0.2) is 0 Å². The Kier molecular flexibility index (Phi) is 8.37. The standard InChI is InChI=1S/C20H22F6N6O4/c1-11(30-14-8-29-31-17(34)16(14)20(24,25)26)10-35-5-3-15(33)32-4-2-13(9-32)36-18-27-6-12(7-28-18)19(21,22)23/h6-8,11,13H,2-5,9-10H2,1H3,(H2,30,31,34). The molecule has 2 N–H and O–H groups in total. The Morgan fingerprint density at radius 2 is 1.89 bits per heavy atom. The summed E-state index contributed by atoms with van der Waals surface area (Å²) in [6, 6.07) is -0.852. The topological polar surface area (TPSA) is 122 Å². The first kappa shape index (κ1) is 27.2. The third kappa shape index (κ3) is 7.29. The third-order valence-electron chi connectivity index (χ3n) is 5.09. The lowest BCUT2D eigenvalue weighted by Crippen LogP contribution is -2.32. The first-order chi connectivity index (χ1) is 16.8. The molecule has 36 heavy (non-hydrogen) atoms. The fourth-order valence-electron chi connectivity index (χ4n) is 3.40. The Morgan fingerprint density at radius 3 is 2.53 bits per heavy atom. The van der Waals surface area contributed by atoms with Crippen LogP contribution in [0.4, 0.5) is 32.0 Å². The van der Waals surface area contributed by atoms with Crippen LogP contribution >= 0.6 is 0 Å². The quantitative estimate of drug-likeness (QED) is 0.379. The first-order valence-electron chi connectivity index (χ1n) is 10.7. The maximum atomic E-state index is 13.1. The fourth-order valence-corrected chi connectivity index (χ4v) is 3.40. The number of halogens is 6. The third-order valence-corrected chi connectivity index (χ3v) is 5.09. The second kappa shape index (κ2) is 11.1. The number of aromatic amines is 1. The van der Waals surface area contributed by atoms with Crippen LogP contribution in [-0.2, 0) is 21.9 Å². The van der Waals surface area contributed by atoms with Gasteiger partial charge >= 0.3 is 18.4 Å². The van der Waals surface area contributed by atoms with E-state index in [0.717, 1.165) is 6.20 Å². The van der Waals surface area contributed by atoms with E-state index in [-0.39, 0.29) is 38.1 Å². The molecule has 2 aromatic heterocycles. The van der Waals surface area contributed by atoms with Gasteiger partial charge in [0.05, 0.1) is 43.6 Å². The Labute approximate surface area is 200 Å². The number of H-pyrrole nitrogens is 1. The molecule has 0 spiro atoms. The minimum absolute atomic E-state index is 0.00339. The summed E-state index contributed by atoms with van der Waals surface area (Å²) in [5.41, 5.74) is -4.26. The van der Waals surface area contributed by atoms with Crippen LogP contribution in [0.15, 0.2) is 23.4 Å². The molecule has 0 saturated carbocycles. The summed E-state index contributed by atoms with van der Waals surface area (Å²) in [7, 11) is 0. The summed E-state index contributed by atoms with van der Waals surface area (Å²) in [5.74, 6) is -0.256. The summed E-state index contributed by atoms with van der Waals surface area (Å²) in [6.45, 7) is 2.03. The Hall–Kier alpha value is -3.43. The summed E-state index contributed by atoms with van der Waals surface area (Å²) in [6.07, 6.45) is -7.41. The van der Waals surface area contributed by atoms with Crippen LogP contribution < -0.4 is 15.6 Å². The molecule has 0 bridgehead atoms. The van der Waals surface area contributed by atoms with Crippen molar-refractivity contribution in [1.29, 1.82) is 0 Å². The van der Waals surface area contributed by atoms with E-state index in [1.54, 1.807) is 5.10 Å². The maximum absolute atomic E-state index is 13.1. The highest BCUT2D eigenvalue weighted by molar-refractivity contribution is 5.76. The van der Waals surface area contributed by atoms with E-state index in [1.165, 1.54) is 11.8 Å². The summed E-state index contributed by atoms with van der Waals surface area (Å²) >= 11 is 0. The largest absolute Gasteiger partial charge is 0.458 e. The van der Waals surface area contributed by atoms with Gasteiger partial charge in [-0.15, -0.1) is 0 Å². The smallest absolute Gasteiger partial charge is 0.423 e. The average molecular weight is 524 g/mol. The van der Waals surface area contributed by atoms with Crippen LogP contribution in [0.3, 0.4) is 0 Å². The van der Waals surface area contributed by atoms with Crippen LogP contribution in [0.2, 0.25) is 0 Å². The van der Waals surface area contributed by atoms with Crippen molar-refractivity contribution in [2.24, 2.45) is 0 Å². The van der Waals surface area contributed by atoms with Crippen molar-refractivity contribution in [3.63, 3.8) is 0 Å². The number of carbonyl (C=O) groups excluding carboxylic acids is 1. The molecule has 3 heterocycles. The number of hydrogen-bond donors (Lipinski definition) is 2. The highest BCUT2D eigenvalue weighted by Crippen LogP contribution is 2.31. The van der Waals surface area contributed by atoms with Gasteiger partial charge in [0.2, 0.25) is 5.91 Å². The number of aromatic nitrogens is 4. The van der Waals surface area contributed by atoms with Gasteiger partial charge in [-0.2, -0.15) is 31.4 Å². The number of likely N-dealkylation sites (tertiary alicyclic amines) is 1. The van der Waals surface area contributed by atoms with E-state index in [9.17, 15) is 35.9 Å². The number of ether oxygens (including phenoxy) is 2. The lowest BCUT2D eigenvalue weighted by Gasteiger charge is -2.19. The minimum atomic E-state index is -4.87. The van der Waals surface area contributed by atoms with Crippen molar-refractivity contribution >= 4 is 11.6 Å². The predicted octanol–water partition coefficient (Wildman–Crippen LogP) is 2.48. The van der Waals surface area contributed by atoms with Crippen molar-refractivity contribution in [2.45, 2.75) is 44.3 Å². The molecule has 198 valence electrons. The number of alkyl halides is 6. The van der Waals surface area contributed by atoms with E-state index < -0.39 is 46.9 Å². The Balaban J connectivity index is 1.39. The minimum Gasteiger partial charge on any atom is -0.458 e. The monoisotopic (exact) mass is 524 g/mol. The summed E-state index contributed by atoms with van der Waals surface area (Å²) in [5, 5.41) is 7.63. The van der Waals surface area contributed by atoms with Gasteiger partial charge in [0.25, 0.3) is 5.56 Å². The van der Waals surface area contributed by atoms with Crippen LogP contribution in [0.1, 0.15) is 30.9 Å². The van der Waals surface area contributed by atoms with Gasteiger partial charge in [-0.3, -0.25) is 9.59 Å². The molecule has 16 heteroatoms. The molecule has 2 aromatic rings. The summed E-state index contributed by atoms with van der Waals surface area (Å²) < 4.78 is 87.8. The molecule has 0 radical (unpaired) electrons. The molecule has 1 saturated heterocycles. The molecule has 2 unspecified atom stereocenters. The summed E-state index contributed by atoms with van der Waals surface area (Å²) in [4.78, 5) is 32.4. The van der Waals surface area contributed by atoms with Crippen LogP contribution in [-0.4, -0.2) is 69.4 Å². The van der Waals surface area contributed by atoms with E-state index in [1.807, 2.05) is 0 Å². The molecule has 10 nitrogen and oxygen atoms in total. The highest BCUT2D eigenvalue weighted by atomic mass is 19.4. The molecule has 1 amide bonds.